The van der Waals surface area contributed by atoms with Crippen LogP contribution in [0.2, 0.25) is 0 Å². The van der Waals surface area contributed by atoms with Gasteiger partial charge in [-0.1, -0.05) is 0 Å². The van der Waals surface area contributed by atoms with Gasteiger partial charge in [-0.15, -0.1) is 0 Å². The van der Waals surface area contributed by atoms with E-state index in [1.165, 1.54) is 36.0 Å². The number of carboxylic acid groups (broad SMARTS) is 1. The number of nitrogens with zero attached hydrogens (tertiary/aromatic N) is 2. The van der Waals surface area contributed by atoms with Crippen LogP contribution in [0.4, 0.5) is 5.69 Å². The lowest BCUT2D eigenvalue weighted by Gasteiger charge is -2.07. The standard InChI is InChI=1S/C15H15N3O5/c1-3-23-15(22)9-4-6-10(7-5-9)17-13(19)12-11(14(20)21)8-16-18(12)2/h4-8H,3H2,1-2H3,(H,17,19)(H,20,21). The van der Waals surface area contributed by atoms with Crippen molar-refractivity contribution in [2.24, 2.45) is 7.05 Å². The van der Waals surface area contributed by atoms with Crippen LogP contribution in [0.3, 0.4) is 0 Å². The highest BCUT2D eigenvalue weighted by atomic mass is 16.5. The molecule has 2 N–H and O–H groups in total. The summed E-state index contributed by atoms with van der Waals surface area (Å²) in [5.41, 5.74) is 0.525. The van der Waals surface area contributed by atoms with Crippen LogP contribution < -0.4 is 5.32 Å². The molecule has 1 amide bonds. The summed E-state index contributed by atoms with van der Waals surface area (Å²) >= 11 is 0. The third kappa shape index (κ3) is 3.54. The van der Waals surface area contributed by atoms with E-state index in [9.17, 15) is 14.4 Å². The maximum Gasteiger partial charge on any atom is 0.339 e. The molecule has 0 bridgehead atoms. The molecule has 2 aromatic rings. The Morgan fingerprint density at radius 1 is 1.26 bits per heavy atom. The van der Waals surface area contributed by atoms with Gasteiger partial charge in [0.25, 0.3) is 5.91 Å². The van der Waals surface area contributed by atoms with Crippen LogP contribution in [-0.4, -0.2) is 39.3 Å². The van der Waals surface area contributed by atoms with Gasteiger partial charge in [-0.05, 0) is 31.2 Å². The third-order valence-corrected chi connectivity index (χ3v) is 3.04. The average Bonchev–Trinajstić information content (AvgIpc) is 2.90. The third-order valence-electron chi connectivity index (χ3n) is 3.04. The van der Waals surface area contributed by atoms with E-state index in [0.717, 1.165) is 6.20 Å². The Kier molecular flexibility index (Phi) is 4.75. The Balaban J connectivity index is 2.16. The summed E-state index contributed by atoms with van der Waals surface area (Å²) in [4.78, 5) is 34.8. The van der Waals surface area contributed by atoms with Crippen molar-refractivity contribution < 1.29 is 24.2 Å². The highest BCUT2D eigenvalue weighted by Crippen LogP contribution is 2.14. The van der Waals surface area contributed by atoms with Gasteiger partial charge in [-0.2, -0.15) is 5.10 Å². The van der Waals surface area contributed by atoms with Crippen LogP contribution in [0.25, 0.3) is 0 Å². The number of carbonyl (C=O) groups excluding carboxylic acids is 2. The van der Waals surface area contributed by atoms with Crippen LogP contribution in [0, 0.1) is 0 Å². The topological polar surface area (TPSA) is 111 Å². The molecule has 0 saturated carbocycles. The first-order valence-corrected chi connectivity index (χ1v) is 6.77. The molecule has 0 unspecified atom stereocenters. The fourth-order valence-electron chi connectivity index (χ4n) is 1.96. The number of carbonyl (C=O) groups is 3. The molecule has 23 heavy (non-hydrogen) atoms. The Morgan fingerprint density at radius 2 is 1.91 bits per heavy atom. The second-order valence-corrected chi connectivity index (χ2v) is 4.59. The summed E-state index contributed by atoms with van der Waals surface area (Å²) in [5, 5.41) is 15.4. The van der Waals surface area contributed by atoms with Crippen molar-refractivity contribution >= 4 is 23.5 Å². The molecule has 0 saturated heterocycles. The van der Waals surface area contributed by atoms with Crippen molar-refractivity contribution in [2.75, 3.05) is 11.9 Å². The highest BCUT2D eigenvalue weighted by Gasteiger charge is 2.21. The van der Waals surface area contributed by atoms with Crippen molar-refractivity contribution in [3.8, 4) is 0 Å². The number of amides is 1. The number of nitrogens with one attached hydrogen (secondary N) is 1. The van der Waals surface area contributed by atoms with Gasteiger partial charge < -0.3 is 15.2 Å². The summed E-state index contributed by atoms with van der Waals surface area (Å²) in [6.07, 6.45) is 1.11. The molecule has 0 fully saturated rings. The number of aromatic nitrogens is 2. The smallest absolute Gasteiger partial charge is 0.339 e. The number of rotatable bonds is 5. The van der Waals surface area contributed by atoms with Crippen LogP contribution >= 0.6 is 0 Å². The molecule has 0 aliphatic rings. The average molecular weight is 317 g/mol. The van der Waals surface area contributed by atoms with Crippen molar-refractivity contribution in [3.63, 3.8) is 0 Å². The van der Waals surface area contributed by atoms with E-state index in [2.05, 4.69) is 10.4 Å². The molecular weight excluding hydrogens is 302 g/mol. The molecule has 2 rings (SSSR count). The van der Waals surface area contributed by atoms with Crippen molar-refractivity contribution in [1.29, 1.82) is 0 Å². The van der Waals surface area contributed by atoms with Crippen LogP contribution in [-0.2, 0) is 11.8 Å². The van der Waals surface area contributed by atoms with Crippen molar-refractivity contribution in [1.82, 2.24) is 9.78 Å². The van der Waals surface area contributed by atoms with E-state index in [1.807, 2.05) is 0 Å². The monoisotopic (exact) mass is 317 g/mol. The van der Waals surface area contributed by atoms with Gasteiger partial charge in [-0.3, -0.25) is 9.48 Å². The largest absolute Gasteiger partial charge is 0.478 e. The van der Waals surface area contributed by atoms with E-state index in [-0.39, 0.29) is 17.9 Å². The zero-order valence-corrected chi connectivity index (χ0v) is 12.6. The second kappa shape index (κ2) is 6.73. The lowest BCUT2D eigenvalue weighted by Crippen LogP contribution is -2.19. The van der Waals surface area contributed by atoms with Gasteiger partial charge in [0, 0.05) is 12.7 Å². The molecular formula is C15H15N3O5. The van der Waals surface area contributed by atoms with E-state index in [4.69, 9.17) is 9.84 Å². The fourth-order valence-corrected chi connectivity index (χ4v) is 1.96. The highest BCUT2D eigenvalue weighted by molar-refractivity contribution is 6.09. The van der Waals surface area contributed by atoms with Gasteiger partial charge in [0.05, 0.1) is 18.4 Å². The van der Waals surface area contributed by atoms with Gasteiger partial charge in [0.15, 0.2) is 0 Å². The number of hydrogen-bond acceptors (Lipinski definition) is 5. The zero-order chi connectivity index (χ0) is 17.0. The Morgan fingerprint density at radius 3 is 2.48 bits per heavy atom. The van der Waals surface area contributed by atoms with Gasteiger partial charge in [0.2, 0.25) is 0 Å². The first kappa shape index (κ1) is 16.2. The van der Waals surface area contributed by atoms with E-state index in [0.29, 0.717) is 11.3 Å². The number of benzene rings is 1. The maximum atomic E-state index is 12.2. The van der Waals surface area contributed by atoms with Crippen LogP contribution in [0.5, 0.6) is 0 Å². The lowest BCUT2D eigenvalue weighted by atomic mass is 10.2. The first-order chi connectivity index (χ1) is 10.9. The minimum atomic E-state index is -1.24. The normalized spacial score (nSPS) is 10.2. The number of anilines is 1. The SMILES string of the molecule is CCOC(=O)c1ccc(NC(=O)c2c(C(=O)O)cnn2C)cc1. The summed E-state index contributed by atoms with van der Waals surface area (Å²) in [7, 11) is 1.48. The van der Waals surface area contributed by atoms with Crippen molar-refractivity contribution in [2.45, 2.75) is 6.92 Å². The number of carboxylic acids is 1. The molecule has 0 atom stereocenters. The second-order valence-electron chi connectivity index (χ2n) is 4.59. The molecule has 8 heteroatoms. The zero-order valence-electron chi connectivity index (χ0n) is 12.6. The van der Waals surface area contributed by atoms with Crippen LogP contribution in [0.1, 0.15) is 38.1 Å². The number of esters is 1. The summed E-state index contributed by atoms with van der Waals surface area (Å²) in [6.45, 7) is 1.98. The first-order valence-electron chi connectivity index (χ1n) is 6.77. The minimum Gasteiger partial charge on any atom is -0.478 e. The Bertz CT molecular complexity index is 749. The van der Waals surface area contributed by atoms with Crippen LogP contribution in [0.15, 0.2) is 30.5 Å². The molecule has 0 spiro atoms. The molecule has 0 aliphatic carbocycles. The molecule has 0 aliphatic heterocycles. The minimum absolute atomic E-state index is 0.0630. The predicted octanol–water partition coefficient (Wildman–Crippen LogP) is 1.55. The number of ether oxygens (including phenoxy) is 1. The Hall–Kier alpha value is -3.16. The predicted molar refractivity (Wildman–Crippen MR) is 80.5 cm³/mol. The molecule has 120 valence electrons. The summed E-state index contributed by atoms with van der Waals surface area (Å²) in [5.74, 6) is -2.29. The molecule has 1 aromatic carbocycles. The lowest BCUT2D eigenvalue weighted by molar-refractivity contribution is 0.0525. The fraction of sp³-hybridized carbons (Fsp3) is 0.200. The molecule has 1 heterocycles. The number of hydrogen-bond donors (Lipinski definition) is 2. The molecule has 1 aromatic heterocycles. The molecule has 0 radical (unpaired) electrons. The number of aromatic carboxylic acids is 1. The summed E-state index contributed by atoms with van der Waals surface area (Å²) in [6, 6.07) is 6.08. The summed E-state index contributed by atoms with van der Waals surface area (Å²) < 4.78 is 6.05. The van der Waals surface area contributed by atoms with Gasteiger partial charge in [0.1, 0.15) is 11.3 Å². The van der Waals surface area contributed by atoms with E-state index >= 15 is 0 Å². The van der Waals surface area contributed by atoms with E-state index < -0.39 is 17.8 Å². The van der Waals surface area contributed by atoms with E-state index in [1.54, 1.807) is 6.92 Å². The Labute approximate surface area is 131 Å². The van der Waals surface area contributed by atoms with Gasteiger partial charge >= 0.3 is 11.9 Å². The van der Waals surface area contributed by atoms with Crippen molar-refractivity contribution in [3.05, 3.63) is 47.3 Å². The maximum absolute atomic E-state index is 12.2. The quantitative estimate of drug-likeness (QED) is 0.809. The molecule has 8 nitrogen and oxygen atoms in total. The number of aryl methyl sites for hydroxylation is 1. The van der Waals surface area contributed by atoms with Gasteiger partial charge in [-0.25, -0.2) is 9.59 Å².